The summed E-state index contributed by atoms with van der Waals surface area (Å²) in [5.74, 6) is -0.805. The van der Waals surface area contributed by atoms with Crippen LogP contribution in [0.5, 0.6) is 0 Å². The molecule has 5 nitrogen and oxygen atoms in total. The van der Waals surface area contributed by atoms with E-state index in [9.17, 15) is 4.79 Å². The van der Waals surface area contributed by atoms with E-state index in [0.29, 0.717) is 12.4 Å². The molecule has 1 unspecified atom stereocenters. The molecule has 0 radical (unpaired) electrons. The van der Waals surface area contributed by atoms with Gasteiger partial charge >= 0.3 is 5.97 Å². The van der Waals surface area contributed by atoms with Crippen molar-refractivity contribution in [2.45, 2.75) is 25.3 Å². The van der Waals surface area contributed by atoms with Crippen molar-refractivity contribution in [1.82, 2.24) is 9.55 Å². The van der Waals surface area contributed by atoms with Crippen LogP contribution in [0, 0.1) is 0 Å². The van der Waals surface area contributed by atoms with Crippen LogP contribution in [-0.4, -0.2) is 20.6 Å². The molecular weight excluding hydrogens is 170 g/mol. The van der Waals surface area contributed by atoms with E-state index >= 15 is 0 Å². The Kier molecular flexibility index (Phi) is 1.72. The number of hydrogen-bond donors (Lipinski definition) is 2. The van der Waals surface area contributed by atoms with Crippen LogP contribution in [0.2, 0.25) is 0 Å². The molecule has 1 aromatic rings. The number of carbonyl (C=O) groups is 1. The van der Waals surface area contributed by atoms with E-state index in [0.717, 1.165) is 18.7 Å². The average Bonchev–Trinajstić information content (AvgIpc) is 2.48. The molecule has 1 aromatic heterocycles. The zero-order valence-corrected chi connectivity index (χ0v) is 7.10. The number of nitrogen functional groups attached to an aromatic ring is 1. The Morgan fingerprint density at radius 3 is 3.23 bits per heavy atom. The minimum atomic E-state index is -0.791. The molecule has 0 amide bonds. The second kappa shape index (κ2) is 2.76. The maximum absolute atomic E-state index is 10.8. The van der Waals surface area contributed by atoms with Crippen LogP contribution in [0.25, 0.3) is 0 Å². The van der Waals surface area contributed by atoms with Crippen molar-refractivity contribution < 1.29 is 9.90 Å². The maximum atomic E-state index is 10.8. The van der Waals surface area contributed by atoms with Crippen molar-refractivity contribution in [3.8, 4) is 0 Å². The lowest BCUT2D eigenvalue weighted by Gasteiger charge is -2.21. The molecule has 70 valence electrons. The Labute approximate surface area is 75.2 Å². The first-order chi connectivity index (χ1) is 6.20. The van der Waals surface area contributed by atoms with Crippen molar-refractivity contribution in [2.75, 3.05) is 5.73 Å². The number of rotatable bonds is 1. The fraction of sp³-hybridized carbons (Fsp3) is 0.500. The molecule has 0 aromatic carbocycles. The number of aliphatic carboxylic acids is 1. The molecule has 1 atom stereocenters. The third kappa shape index (κ3) is 1.16. The average molecular weight is 181 g/mol. The van der Waals surface area contributed by atoms with E-state index in [-0.39, 0.29) is 0 Å². The number of anilines is 1. The lowest BCUT2D eigenvalue weighted by molar-refractivity contribution is -0.139. The summed E-state index contributed by atoms with van der Waals surface area (Å²) in [7, 11) is 0. The number of carboxylic acids is 1. The molecule has 5 heteroatoms. The third-order valence-electron chi connectivity index (χ3n) is 2.45. The van der Waals surface area contributed by atoms with Gasteiger partial charge in [0.15, 0.2) is 5.95 Å². The number of nitrogens with two attached hydrogens (primary N) is 1. The molecule has 0 fully saturated rings. The second-order valence-electron chi connectivity index (χ2n) is 3.23. The Hall–Kier alpha value is -1.52. The Morgan fingerprint density at radius 1 is 1.77 bits per heavy atom. The van der Waals surface area contributed by atoms with Gasteiger partial charge in [-0.05, 0) is 12.8 Å². The van der Waals surface area contributed by atoms with Gasteiger partial charge < -0.3 is 15.4 Å². The van der Waals surface area contributed by atoms with Crippen LogP contribution in [0.1, 0.15) is 24.5 Å². The van der Waals surface area contributed by atoms with Crippen molar-refractivity contribution in [3.05, 3.63) is 11.9 Å². The molecule has 0 spiro atoms. The Bertz CT molecular complexity index is 345. The van der Waals surface area contributed by atoms with E-state index in [2.05, 4.69) is 4.98 Å². The van der Waals surface area contributed by atoms with Gasteiger partial charge in [-0.3, -0.25) is 4.79 Å². The summed E-state index contributed by atoms with van der Waals surface area (Å²) >= 11 is 0. The maximum Gasteiger partial charge on any atom is 0.312 e. The van der Waals surface area contributed by atoms with Crippen molar-refractivity contribution in [2.24, 2.45) is 0 Å². The van der Waals surface area contributed by atoms with E-state index < -0.39 is 11.9 Å². The van der Waals surface area contributed by atoms with Crippen LogP contribution in [-0.2, 0) is 11.3 Å². The van der Waals surface area contributed by atoms with Crippen molar-refractivity contribution in [3.63, 3.8) is 0 Å². The van der Waals surface area contributed by atoms with E-state index in [1.807, 2.05) is 0 Å². The highest BCUT2D eigenvalue weighted by Gasteiger charge is 2.27. The van der Waals surface area contributed by atoms with Gasteiger partial charge in [0.2, 0.25) is 0 Å². The third-order valence-corrected chi connectivity index (χ3v) is 2.45. The van der Waals surface area contributed by atoms with Crippen LogP contribution < -0.4 is 5.73 Å². The standard InChI is InChI=1S/C8H11N3O2/c9-8-10-4-6-5(7(12)13)2-1-3-11(6)8/h4-5H,1-3H2,(H2,9,10)(H,12,13). The molecule has 1 aliphatic heterocycles. The molecule has 0 saturated carbocycles. The zero-order valence-electron chi connectivity index (χ0n) is 7.10. The summed E-state index contributed by atoms with van der Waals surface area (Å²) in [5, 5.41) is 8.91. The van der Waals surface area contributed by atoms with Gasteiger partial charge in [-0.1, -0.05) is 0 Å². The molecular formula is C8H11N3O2. The van der Waals surface area contributed by atoms with Crippen LogP contribution >= 0.6 is 0 Å². The highest BCUT2D eigenvalue weighted by Crippen LogP contribution is 2.28. The van der Waals surface area contributed by atoms with Crippen LogP contribution in [0.4, 0.5) is 5.95 Å². The predicted molar refractivity (Wildman–Crippen MR) is 46.3 cm³/mol. The number of nitrogens with zero attached hydrogens (tertiary/aromatic N) is 2. The fourth-order valence-electron chi connectivity index (χ4n) is 1.78. The van der Waals surface area contributed by atoms with Gasteiger partial charge in [-0.25, -0.2) is 4.98 Å². The predicted octanol–water partition coefficient (Wildman–Crippen LogP) is 0.427. The smallest absolute Gasteiger partial charge is 0.312 e. The SMILES string of the molecule is Nc1ncc2n1CCCC2C(=O)O. The monoisotopic (exact) mass is 181 g/mol. The topological polar surface area (TPSA) is 81.1 Å². The van der Waals surface area contributed by atoms with E-state index in [1.165, 1.54) is 0 Å². The van der Waals surface area contributed by atoms with Crippen LogP contribution in [0.15, 0.2) is 6.20 Å². The Balaban J connectivity index is 2.43. The van der Waals surface area contributed by atoms with Crippen LogP contribution in [0.3, 0.4) is 0 Å². The molecule has 13 heavy (non-hydrogen) atoms. The van der Waals surface area contributed by atoms with Gasteiger partial charge in [0.05, 0.1) is 17.8 Å². The molecule has 0 saturated heterocycles. The molecule has 0 bridgehead atoms. The minimum Gasteiger partial charge on any atom is -0.481 e. The Morgan fingerprint density at radius 2 is 2.54 bits per heavy atom. The second-order valence-corrected chi connectivity index (χ2v) is 3.23. The first-order valence-corrected chi connectivity index (χ1v) is 4.24. The quantitative estimate of drug-likeness (QED) is 0.658. The first-order valence-electron chi connectivity index (χ1n) is 4.24. The molecule has 2 rings (SSSR count). The number of aromatic nitrogens is 2. The number of fused-ring (bicyclic) bond motifs is 1. The normalized spacial score (nSPS) is 21.1. The summed E-state index contributed by atoms with van der Waals surface area (Å²) in [6, 6.07) is 0. The summed E-state index contributed by atoms with van der Waals surface area (Å²) in [6.07, 6.45) is 3.10. The van der Waals surface area contributed by atoms with Crippen molar-refractivity contribution >= 4 is 11.9 Å². The van der Waals surface area contributed by atoms with Crippen molar-refractivity contribution in [1.29, 1.82) is 0 Å². The van der Waals surface area contributed by atoms with Gasteiger partial charge in [0.25, 0.3) is 0 Å². The van der Waals surface area contributed by atoms with Gasteiger partial charge in [0.1, 0.15) is 0 Å². The fourth-order valence-corrected chi connectivity index (χ4v) is 1.78. The lowest BCUT2D eigenvalue weighted by Crippen LogP contribution is -2.22. The summed E-state index contributed by atoms with van der Waals surface area (Å²) in [6.45, 7) is 0.783. The molecule has 1 aliphatic rings. The molecule has 0 aliphatic carbocycles. The van der Waals surface area contributed by atoms with E-state index in [4.69, 9.17) is 10.8 Å². The number of hydrogen-bond acceptors (Lipinski definition) is 3. The van der Waals surface area contributed by atoms with Gasteiger partial charge in [-0.2, -0.15) is 0 Å². The minimum absolute atomic E-state index is 0.418. The molecule has 3 N–H and O–H groups in total. The van der Waals surface area contributed by atoms with E-state index in [1.54, 1.807) is 10.8 Å². The first kappa shape index (κ1) is 8.10. The molecule has 2 heterocycles. The number of imidazole rings is 1. The summed E-state index contributed by atoms with van der Waals surface area (Å²) < 4.78 is 1.78. The summed E-state index contributed by atoms with van der Waals surface area (Å²) in [4.78, 5) is 14.8. The zero-order chi connectivity index (χ0) is 9.42. The number of carboxylic acid groups (broad SMARTS) is 1. The largest absolute Gasteiger partial charge is 0.481 e. The highest BCUT2D eigenvalue weighted by atomic mass is 16.4. The summed E-state index contributed by atoms with van der Waals surface area (Å²) in [5.41, 5.74) is 6.32. The van der Waals surface area contributed by atoms with Gasteiger partial charge in [0, 0.05) is 6.54 Å². The van der Waals surface area contributed by atoms with Gasteiger partial charge in [-0.15, -0.1) is 0 Å². The highest BCUT2D eigenvalue weighted by molar-refractivity contribution is 5.75. The lowest BCUT2D eigenvalue weighted by atomic mass is 9.97.